The van der Waals surface area contributed by atoms with Gasteiger partial charge in [0.05, 0.1) is 11.9 Å². The molecule has 0 fully saturated rings. The van der Waals surface area contributed by atoms with Crippen molar-refractivity contribution in [3.8, 4) is 11.8 Å². The number of likely N-dealkylation sites (N-methyl/N-ethyl adjacent to an activating group) is 1. The first-order valence-electron chi connectivity index (χ1n) is 10.7. The third-order valence-electron chi connectivity index (χ3n) is 5.08. The average molecular weight is 429 g/mol. The van der Waals surface area contributed by atoms with Crippen LogP contribution in [-0.4, -0.2) is 57.6 Å². The molecule has 0 amide bonds. The molecule has 1 atom stereocenters. The number of hydrogen-bond donors (Lipinski definition) is 3. The van der Waals surface area contributed by atoms with Gasteiger partial charge in [-0.05, 0) is 43.7 Å². The van der Waals surface area contributed by atoms with Gasteiger partial charge in [0.15, 0.2) is 11.5 Å². The highest BCUT2D eigenvalue weighted by molar-refractivity contribution is 5.60. The Labute approximate surface area is 182 Å². The van der Waals surface area contributed by atoms with Gasteiger partial charge >= 0.3 is 6.01 Å². The quantitative estimate of drug-likeness (QED) is 0.375. The van der Waals surface area contributed by atoms with Crippen molar-refractivity contribution in [2.45, 2.75) is 45.6 Å². The van der Waals surface area contributed by atoms with Crippen LogP contribution in [0.15, 0.2) is 24.4 Å². The second-order valence-corrected chi connectivity index (χ2v) is 7.52. The molecule has 3 rings (SSSR count). The SMILES string of the molecule is CCCC(CCO)Oc1nc(N)c2ncc(Cc3ccc(OCCNC)cc3C)n2n1. The van der Waals surface area contributed by atoms with E-state index in [4.69, 9.17) is 15.2 Å². The van der Waals surface area contributed by atoms with Crippen LogP contribution in [0.1, 0.15) is 43.0 Å². The van der Waals surface area contributed by atoms with Gasteiger partial charge in [-0.3, -0.25) is 0 Å². The zero-order chi connectivity index (χ0) is 22.2. The zero-order valence-electron chi connectivity index (χ0n) is 18.5. The molecule has 0 spiro atoms. The molecule has 1 unspecified atom stereocenters. The monoisotopic (exact) mass is 428 g/mol. The van der Waals surface area contributed by atoms with Crippen molar-refractivity contribution in [3.63, 3.8) is 0 Å². The Morgan fingerprint density at radius 1 is 1.29 bits per heavy atom. The summed E-state index contributed by atoms with van der Waals surface area (Å²) in [6.45, 7) is 5.60. The maximum atomic E-state index is 9.28. The van der Waals surface area contributed by atoms with Crippen LogP contribution < -0.4 is 20.5 Å². The molecule has 0 aliphatic heterocycles. The summed E-state index contributed by atoms with van der Waals surface area (Å²) in [5, 5.41) is 16.9. The highest BCUT2D eigenvalue weighted by Gasteiger charge is 2.16. The number of aromatic nitrogens is 4. The van der Waals surface area contributed by atoms with Crippen LogP contribution in [-0.2, 0) is 6.42 Å². The van der Waals surface area contributed by atoms with Gasteiger partial charge in [-0.25, -0.2) is 9.50 Å². The molecule has 1 aromatic carbocycles. The van der Waals surface area contributed by atoms with Gasteiger partial charge in [-0.15, -0.1) is 5.10 Å². The lowest BCUT2D eigenvalue weighted by Gasteiger charge is -2.16. The third kappa shape index (κ3) is 5.83. The van der Waals surface area contributed by atoms with E-state index < -0.39 is 0 Å². The second kappa shape index (κ2) is 10.9. The highest BCUT2D eigenvalue weighted by atomic mass is 16.5. The Morgan fingerprint density at radius 2 is 2.13 bits per heavy atom. The van der Waals surface area contributed by atoms with Gasteiger partial charge in [0, 0.05) is 26.0 Å². The van der Waals surface area contributed by atoms with E-state index in [1.165, 1.54) is 0 Å². The van der Waals surface area contributed by atoms with Crippen molar-refractivity contribution >= 4 is 11.5 Å². The van der Waals surface area contributed by atoms with Crippen LogP contribution in [0.4, 0.5) is 5.82 Å². The molecule has 0 bridgehead atoms. The van der Waals surface area contributed by atoms with Crippen LogP contribution in [0, 0.1) is 6.92 Å². The topological polar surface area (TPSA) is 120 Å². The summed E-state index contributed by atoms with van der Waals surface area (Å²) in [6, 6.07) is 6.27. The maximum absolute atomic E-state index is 9.28. The Balaban J connectivity index is 1.82. The lowest BCUT2D eigenvalue weighted by atomic mass is 10.0. The van der Waals surface area contributed by atoms with Gasteiger partial charge in [0.1, 0.15) is 18.5 Å². The fraction of sp³-hybridized carbons (Fsp3) is 0.500. The number of aliphatic hydroxyl groups excluding tert-OH is 1. The van der Waals surface area contributed by atoms with Crippen LogP contribution in [0.3, 0.4) is 0 Å². The van der Waals surface area contributed by atoms with Crippen molar-refractivity contribution in [2.24, 2.45) is 0 Å². The van der Waals surface area contributed by atoms with Gasteiger partial charge in [0.2, 0.25) is 0 Å². The number of ether oxygens (including phenoxy) is 2. The van der Waals surface area contributed by atoms with E-state index >= 15 is 0 Å². The summed E-state index contributed by atoms with van der Waals surface area (Å²) in [7, 11) is 1.90. The first-order chi connectivity index (χ1) is 15.0. The number of anilines is 1. The number of nitrogen functional groups attached to an aromatic ring is 1. The fourth-order valence-corrected chi connectivity index (χ4v) is 3.40. The maximum Gasteiger partial charge on any atom is 0.336 e. The Hall–Kier alpha value is -2.91. The first-order valence-corrected chi connectivity index (χ1v) is 10.7. The number of nitrogens with zero attached hydrogens (tertiary/aromatic N) is 4. The zero-order valence-corrected chi connectivity index (χ0v) is 18.5. The molecular weight excluding hydrogens is 396 g/mol. The van der Waals surface area contributed by atoms with E-state index in [1.54, 1.807) is 10.7 Å². The molecule has 0 aliphatic carbocycles. The Morgan fingerprint density at radius 3 is 2.84 bits per heavy atom. The molecule has 0 radical (unpaired) electrons. The van der Waals surface area contributed by atoms with Crippen molar-refractivity contribution < 1.29 is 14.6 Å². The summed E-state index contributed by atoms with van der Waals surface area (Å²) < 4.78 is 13.3. The van der Waals surface area contributed by atoms with Crippen LogP contribution in [0.2, 0.25) is 0 Å². The van der Waals surface area contributed by atoms with Crippen molar-refractivity contribution in [1.29, 1.82) is 0 Å². The van der Waals surface area contributed by atoms with Crippen LogP contribution in [0.5, 0.6) is 11.8 Å². The number of nitrogens with two attached hydrogens (primary N) is 1. The van der Waals surface area contributed by atoms with Gasteiger partial charge in [-0.2, -0.15) is 4.98 Å². The Bertz CT molecular complexity index is 985. The van der Waals surface area contributed by atoms with E-state index in [1.807, 2.05) is 19.2 Å². The van der Waals surface area contributed by atoms with E-state index in [-0.39, 0.29) is 24.5 Å². The van der Waals surface area contributed by atoms with Gasteiger partial charge < -0.3 is 25.6 Å². The third-order valence-corrected chi connectivity index (χ3v) is 5.08. The number of hydrogen-bond acceptors (Lipinski definition) is 8. The average Bonchev–Trinajstić information content (AvgIpc) is 3.14. The number of aliphatic hydroxyl groups is 1. The molecule has 9 heteroatoms. The minimum Gasteiger partial charge on any atom is -0.492 e. The molecule has 2 heterocycles. The smallest absolute Gasteiger partial charge is 0.336 e. The number of benzene rings is 1. The summed E-state index contributed by atoms with van der Waals surface area (Å²) in [5.74, 6) is 1.11. The first kappa shape index (κ1) is 22.8. The standard InChI is InChI=1S/C22H32N6O3/c1-4-5-18(8-10-29)31-22-26-20(23)21-25-14-17(28(21)27-22)13-16-6-7-19(12-15(16)2)30-11-9-24-3/h6-7,12,14,18,24,29H,4-5,8-11,13H2,1-3H3,(H2,23,26,27). The molecule has 3 aromatic rings. The summed E-state index contributed by atoms with van der Waals surface area (Å²) >= 11 is 0. The van der Waals surface area contributed by atoms with Gasteiger partial charge in [0.25, 0.3) is 0 Å². The molecule has 2 aromatic heterocycles. The van der Waals surface area contributed by atoms with Gasteiger partial charge in [-0.1, -0.05) is 19.4 Å². The molecule has 4 N–H and O–H groups in total. The fourth-order valence-electron chi connectivity index (χ4n) is 3.40. The Kier molecular flexibility index (Phi) is 8.02. The predicted octanol–water partition coefficient (Wildman–Crippen LogP) is 2.13. The number of fused-ring (bicyclic) bond motifs is 1. The van der Waals surface area contributed by atoms with Crippen LogP contribution >= 0.6 is 0 Å². The molecule has 9 nitrogen and oxygen atoms in total. The predicted molar refractivity (Wildman–Crippen MR) is 120 cm³/mol. The van der Waals surface area contributed by atoms with Crippen molar-refractivity contribution in [2.75, 3.05) is 32.5 Å². The lowest BCUT2D eigenvalue weighted by Crippen LogP contribution is -2.20. The van der Waals surface area contributed by atoms with E-state index in [2.05, 4.69) is 40.3 Å². The highest BCUT2D eigenvalue weighted by Crippen LogP contribution is 2.22. The number of rotatable bonds is 12. The normalized spacial score (nSPS) is 12.3. The molecule has 31 heavy (non-hydrogen) atoms. The molecule has 168 valence electrons. The van der Waals surface area contributed by atoms with Crippen LogP contribution in [0.25, 0.3) is 5.65 Å². The number of nitrogens with one attached hydrogen (secondary N) is 1. The van der Waals surface area contributed by atoms with Crippen molar-refractivity contribution in [1.82, 2.24) is 24.9 Å². The number of aryl methyl sites for hydroxylation is 1. The largest absolute Gasteiger partial charge is 0.492 e. The van der Waals surface area contributed by atoms with E-state index in [9.17, 15) is 5.11 Å². The lowest BCUT2D eigenvalue weighted by molar-refractivity contribution is 0.133. The molecule has 0 saturated carbocycles. The molecule has 0 aliphatic rings. The summed E-state index contributed by atoms with van der Waals surface area (Å²) in [6.07, 6.45) is 4.50. The summed E-state index contributed by atoms with van der Waals surface area (Å²) in [4.78, 5) is 8.64. The number of imidazole rings is 1. The van der Waals surface area contributed by atoms with E-state index in [0.717, 1.165) is 42.0 Å². The van der Waals surface area contributed by atoms with E-state index in [0.29, 0.717) is 25.1 Å². The second-order valence-electron chi connectivity index (χ2n) is 7.52. The minimum absolute atomic E-state index is 0.0483. The summed E-state index contributed by atoms with van der Waals surface area (Å²) in [5.41, 5.74) is 9.77. The minimum atomic E-state index is -0.156. The molecular formula is C22H32N6O3. The molecule has 0 saturated heterocycles. The van der Waals surface area contributed by atoms with Crippen molar-refractivity contribution in [3.05, 3.63) is 41.2 Å².